The van der Waals surface area contributed by atoms with Crippen molar-refractivity contribution in [2.24, 2.45) is 5.73 Å². The summed E-state index contributed by atoms with van der Waals surface area (Å²) in [5, 5.41) is 0. The van der Waals surface area contributed by atoms with Gasteiger partial charge in [0.25, 0.3) is 0 Å². The van der Waals surface area contributed by atoms with Crippen LogP contribution in [0.4, 0.5) is 0 Å². The number of hydrogen-bond acceptors (Lipinski definition) is 4. The molecule has 0 aliphatic carbocycles. The summed E-state index contributed by atoms with van der Waals surface area (Å²) in [5.74, 6) is -0.334. The van der Waals surface area contributed by atoms with Crippen molar-refractivity contribution < 1.29 is 9.53 Å². The van der Waals surface area contributed by atoms with Gasteiger partial charge in [0.1, 0.15) is 6.04 Å². The third-order valence-electron chi connectivity index (χ3n) is 2.52. The van der Waals surface area contributed by atoms with Gasteiger partial charge in [-0.2, -0.15) is 0 Å². The van der Waals surface area contributed by atoms with Crippen LogP contribution in [0.15, 0.2) is 0 Å². The summed E-state index contributed by atoms with van der Waals surface area (Å²) < 4.78 is 4.57. The number of methoxy groups -OCH3 is 1. The number of ether oxygens (including phenoxy) is 1. The van der Waals surface area contributed by atoms with E-state index in [2.05, 4.69) is 23.5 Å². The van der Waals surface area contributed by atoms with E-state index in [0.29, 0.717) is 6.42 Å². The van der Waals surface area contributed by atoms with E-state index in [-0.39, 0.29) is 5.97 Å². The fourth-order valence-electron chi connectivity index (χ4n) is 1.59. The highest BCUT2D eigenvalue weighted by Gasteiger charge is 2.12. The Morgan fingerprint density at radius 1 is 1.35 bits per heavy atom. The summed E-state index contributed by atoms with van der Waals surface area (Å²) in [6, 6.07) is -0.493. The Morgan fingerprint density at radius 2 is 1.94 bits per heavy atom. The van der Waals surface area contributed by atoms with E-state index in [1.807, 2.05) is 12.8 Å². The van der Waals surface area contributed by atoms with Crippen molar-refractivity contribution in [2.45, 2.75) is 25.3 Å². The van der Waals surface area contributed by atoms with Gasteiger partial charge in [0.15, 0.2) is 0 Å². The van der Waals surface area contributed by atoms with Crippen LogP contribution in [0, 0.1) is 26.7 Å². The molecule has 0 rings (SSSR count). The molecule has 4 nitrogen and oxygen atoms in total. The predicted molar refractivity (Wildman–Crippen MR) is 69.6 cm³/mol. The molecule has 0 aliphatic heterocycles. The van der Waals surface area contributed by atoms with E-state index in [1.165, 1.54) is 7.11 Å². The number of nitrogens with two attached hydrogens (primary N) is 1. The number of rotatable bonds is 10. The summed E-state index contributed by atoms with van der Waals surface area (Å²) in [4.78, 5) is 13.3. The molecule has 1 unspecified atom stereocenters. The molecule has 0 aromatic rings. The summed E-state index contributed by atoms with van der Waals surface area (Å²) >= 11 is 0. The smallest absolute Gasteiger partial charge is 0.322 e. The first-order chi connectivity index (χ1) is 8.15. The second kappa shape index (κ2) is 10.5. The van der Waals surface area contributed by atoms with E-state index >= 15 is 0 Å². The topological polar surface area (TPSA) is 55.6 Å². The first-order valence-electron chi connectivity index (χ1n) is 5.93. The molecule has 4 heteroatoms. The lowest BCUT2D eigenvalue weighted by atomic mass is 10.1. The lowest BCUT2D eigenvalue weighted by molar-refractivity contribution is -0.142. The van der Waals surface area contributed by atoms with Gasteiger partial charge >= 0.3 is 5.97 Å². The first-order valence-corrected chi connectivity index (χ1v) is 5.93. The Kier molecular flexibility index (Phi) is 10.2. The Bertz CT molecular complexity index is 192. The largest absolute Gasteiger partial charge is 0.468 e. The second-order valence-electron chi connectivity index (χ2n) is 3.96. The van der Waals surface area contributed by atoms with Crippen LogP contribution >= 0.6 is 0 Å². The van der Waals surface area contributed by atoms with Crippen molar-refractivity contribution in [3.8, 4) is 0 Å². The molecule has 0 heterocycles. The highest BCUT2D eigenvalue weighted by atomic mass is 16.5. The van der Waals surface area contributed by atoms with Gasteiger partial charge in [0.05, 0.1) is 7.11 Å². The Hall–Kier alpha value is -0.610. The average Bonchev–Trinajstić information content (AvgIpc) is 2.33. The monoisotopic (exact) mass is 240 g/mol. The molecule has 17 heavy (non-hydrogen) atoms. The highest BCUT2D eigenvalue weighted by molar-refractivity contribution is 5.75. The first kappa shape index (κ1) is 16.4. The molecule has 0 spiro atoms. The molecule has 0 aromatic carbocycles. The van der Waals surface area contributed by atoms with Crippen LogP contribution < -0.4 is 5.73 Å². The van der Waals surface area contributed by atoms with Gasteiger partial charge in [-0.15, -0.1) is 0 Å². The lowest BCUT2D eigenvalue weighted by Gasteiger charge is -2.20. The molecule has 2 N–H and O–H groups in total. The third kappa shape index (κ3) is 8.16. The van der Waals surface area contributed by atoms with Crippen LogP contribution in [0.1, 0.15) is 19.3 Å². The maximum Gasteiger partial charge on any atom is 0.322 e. The number of hydrogen-bond donors (Lipinski definition) is 1. The minimum absolute atomic E-state index is 0.334. The number of carbonyl (C=O) groups is 1. The lowest BCUT2D eigenvalue weighted by Crippen LogP contribution is -2.32. The van der Waals surface area contributed by atoms with Gasteiger partial charge in [-0.3, -0.25) is 4.79 Å². The third-order valence-corrected chi connectivity index (χ3v) is 2.52. The molecule has 98 valence electrons. The van der Waals surface area contributed by atoms with Crippen molar-refractivity contribution >= 4 is 5.97 Å². The predicted octanol–water partition coefficient (Wildman–Crippen LogP) is 1.04. The zero-order valence-corrected chi connectivity index (χ0v) is 10.7. The van der Waals surface area contributed by atoms with Crippen LogP contribution in [-0.4, -0.2) is 43.7 Å². The van der Waals surface area contributed by atoms with Crippen LogP contribution in [0.5, 0.6) is 0 Å². The molecule has 1 atom stereocenters. The summed E-state index contributed by atoms with van der Waals surface area (Å²) in [5.41, 5.74) is 5.64. The van der Waals surface area contributed by atoms with Crippen molar-refractivity contribution in [2.75, 3.05) is 26.7 Å². The van der Waals surface area contributed by atoms with Gasteiger partial charge < -0.3 is 15.4 Å². The average molecular weight is 240 g/mol. The zero-order chi connectivity index (χ0) is 13.1. The van der Waals surface area contributed by atoms with Gasteiger partial charge in [-0.25, -0.2) is 0 Å². The Balaban J connectivity index is 3.63. The quantitative estimate of drug-likeness (QED) is 0.458. The molecular weight excluding hydrogens is 216 g/mol. The zero-order valence-electron chi connectivity index (χ0n) is 10.7. The molecule has 0 saturated heterocycles. The molecule has 0 fully saturated rings. The fraction of sp³-hybridized carbons (Fsp3) is 0.615. The molecule has 0 aliphatic rings. The standard InChI is InChI=1S/C13H24N2O2/c1-4-9-15(10-5-2)11-7-6-8-12(14)13(16)17-3/h4-5,12H,1-2,6-11,14H2,3H3. The van der Waals surface area contributed by atoms with E-state index in [9.17, 15) is 4.79 Å². The number of unbranched alkanes of at least 4 members (excludes halogenated alkanes) is 1. The summed E-state index contributed by atoms with van der Waals surface area (Å²) in [7, 11) is 1.36. The van der Waals surface area contributed by atoms with Crippen molar-refractivity contribution in [1.82, 2.24) is 4.90 Å². The van der Waals surface area contributed by atoms with Crippen molar-refractivity contribution in [1.29, 1.82) is 0 Å². The van der Waals surface area contributed by atoms with E-state index in [4.69, 9.17) is 5.73 Å². The minimum atomic E-state index is -0.493. The van der Waals surface area contributed by atoms with Gasteiger partial charge in [-0.1, -0.05) is 6.42 Å². The Morgan fingerprint density at radius 3 is 2.41 bits per heavy atom. The maximum atomic E-state index is 11.1. The number of carbonyl (C=O) groups excluding carboxylic acids is 1. The molecule has 0 saturated carbocycles. The Labute approximate surface area is 105 Å². The van der Waals surface area contributed by atoms with Gasteiger partial charge in [-0.05, 0) is 46.1 Å². The highest BCUT2D eigenvalue weighted by Crippen LogP contribution is 2.03. The molecule has 4 radical (unpaired) electrons. The second-order valence-corrected chi connectivity index (χ2v) is 3.96. The fourth-order valence-corrected chi connectivity index (χ4v) is 1.59. The van der Waals surface area contributed by atoms with E-state index in [0.717, 1.165) is 32.5 Å². The molecule has 0 aromatic heterocycles. The van der Waals surface area contributed by atoms with Crippen molar-refractivity contribution in [3.63, 3.8) is 0 Å². The number of nitrogens with zero attached hydrogens (tertiary/aromatic N) is 1. The van der Waals surface area contributed by atoms with E-state index in [1.54, 1.807) is 0 Å². The van der Waals surface area contributed by atoms with Crippen LogP contribution in [0.2, 0.25) is 0 Å². The van der Waals surface area contributed by atoms with Crippen LogP contribution in [0.25, 0.3) is 0 Å². The normalized spacial score (nSPS) is 12.8. The number of esters is 1. The maximum absolute atomic E-state index is 11.1. The molecular formula is C13H24N2O2. The van der Waals surface area contributed by atoms with Gasteiger partial charge in [0.2, 0.25) is 0 Å². The molecule has 0 bridgehead atoms. The summed E-state index contributed by atoms with van der Waals surface area (Å²) in [6.07, 6.45) is 6.35. The van der Waals surface area contributed by atoms with Crippen molar-refractivity contribution in [3.05, 3.63) is 26.7 Å². The minimum Gasteiger partial charge on any atom is -0.468 e. The van der Waals surface area contributed by atoms with Crippen LogP contribution in [-0.2, 0) is 9.53 Å². The van der Waals surface area contributed by atoms with Crippen LogP contribution in [0.3, 0.4) is 0 Å². The SMILES string of the molecule is [CH2][CH]CN(C[CH][CH2])CCCCC(N)C(=O)OC. The molecule has 0 amide bonds. The van der Waals surface area contributed by atoms with E-state index < -0.39 is 6.04 Å². The van der Waals surface area contributed by atoms with Gasteiger partial charge in [0, 0.05) is 13.1 Å². The summed E-state index contributed by atoms with van der Waals surface area (Å²) in [6.45, 7) is 10.1.